The number of allylic oxidation sites excluding steroid dienone is 6. The number of hydrogen-bond acceptors (Lipinski definition) is 5. The molecular weight excluding hydrogens is 693 g/mol. The second-order valence-electron chi connectivity index (χ2n) is 16.4. The van der Waals surface area contributed by atoms with Crippen LogP contribution in [0.3, 0.4) is 0 Å². The fourth-order valence-electron chi connectivity index (χ4n) is 7.05. The number of esters is 2. The first-order chi connectivity index (χ1) is 27.6. The summed E-state index contributed by atoms with van der Waals surface area (Å²) in [5, 5.41) is 0. The molecule has 0 amide bonds. The van der Waals surface area contributed by atoms with Gasteiger partial charge in [-0.25, -0.2) is 0 Å². The standard InChI is InChI=1S/C51H94O5/c1-4-7-10-13-16-19-22-24-25-26-28-31-34-37-40-43-46-54-47-49(56-51(53)45-42-39-36-33-29-21-18-15-12-9-6-3)48-55-50(52)44-41-38-35-32-30-27-23-20-17-14-11-8-5-2/h8,11,17,20,27,30,49H,4-7,9-10,12-16,18-19,21-26,28-29,31-48H2,1-3H3/b11-8-,20-17-,30-27-. The van der Waals surface area contributed by atoms with Crippen molar-refractivity contribution in [2.24, 2.45) is 0 Å². The summed E-state index contributed by atoms with van der Waals surface area (Å²) < 4.78 is 17.3. The number of carbonyl (C=O) groups excluding carboxylic acids is 2. The largest absolute Gasteiger partial charge is 0.462 e. The lowest BCUT2D eigenvalue weighted by Crippen LogP contribution is -2.30. The molecule has 0 spiro atoms. The number of rotatable bonds is 45. The maximum absolute atomic E-state index is 12.7. The van der Waals surface area contributed by atoms with E-state index in [4.69, 9.17) is 14.2 Å². The maximum Gasteiger partial charge on any atom is 0.306 e. The number of unbranched alkanes of at least 4 members (excludes halogenated alkanes) is 28. The van der Waals surface area contributed by atoms with Gasteiger partial charge in [-0.05, 0) is 51.4 Å². The van der Waals surface area contributed by atoms with Gasteiger partial charge in [-0.2, -0.15) is 0 Å². The molecule has 0 heterocycles. The molecule has 0 radical (unpaired) electrons. The summed E-state index contributed by atoms with van der Waals surface area (Å²) in [5.41, 5.74) is 0. The molecule has 0 aliphatic rings. The van der Waals surface area contributed by atoms with Crippen molar-refractivity contribution >= 4 is 11.9 Å². The van der Waals surface area contributed by atoms with Crippen molar-refractivity contribution in [3.63, 3.8) is 0 Å². The Bertz CT molecular complexity index is 893. The van der Waals surface area contributed by atoms with Gasteiger partial charge in [-0.15, -0.1) is 0 Å². The highest BCUT2D eigenvalue weighted by atomic mass is 16.6. The SMILES string of the molecule is CC/C=C\C/C=C\C/C=C\CCCCCC(=O)OCC(COCCCCCCCCCCCCCCCCCC)OC(=O)CCCCCCCCCCCCC. The first-order valence-corrected chi connectivity index (χ1v) is 24.5. The summed E-state index contributed by atoms with van der Waals surface area (Å²) in [4.78, 5) is 25.3. The molecule has 56 heavy (non-hydrogen) atoms. The summed E-state index contributed by atoms with van der Waals surface area (Å²) in [5.74, 6) is -0.420. The van der Waals surface area contributed by atoms with Crippen molar-refractivity contribution in [3.8, 4) is 0 Å². The Morgan fingerprint density at radius 3 is 1.29 bits per heavy atom. The zero-order valence-corrected chi connectivity index (χ0v) is 37.7. The Hall–Kier alpha value is -1.88. The van der Waals surface area contributed by atoms with Gasteiger partial charge in [-0.3, -0.25) is 9.59 Å². The van der Waals surface area contributed by atoms with Crippen LogP contribution in [-0.4, -0.2) is 37.9 Å². The van der Waals surface area contributed by atoms with Crippen molar-refractivity contribution < 1.29 is 23.8 Å². The smallest absolute Gasteiger partial charge is 0.306 e. The van der Waals surface area contributed by atoms with Gasteiger partial charge < -0.3 is 14.2 Å². The lowest BCUT2D eigenvalue weighted by molar-refractivity contribution is -0.163. The van der Waals surface area contributed by atoms with E-state index in [1.54, 1.807) is 0 Å². The zero-order valence-electron chi connectivity index (χ0n) is 37.7. The minimum Gasteiger partial charge on any atom is -0.462 e. The summed E-state index contributed by atoms with van der Waals surface area (Å²) in [6.07, 6.45) is 55.8. The van der Waals surface area contributed by atoms with Crippen LogP contribution in [0, 0.1) is 0 Å². The van der Waals surface area contributed by atoms with Crippen LogP contribution in [0.1, 0.15) is 252 Å². The van der Waals surface area contributed by atoms with Gasteiger partial charge in [0.25, 0.3) is 0 Å². The van der Waals surface area contributed by atoms with Crippen LogP contribution < -0.4 is 0 Å². The van der Waals surface area contributed by atoms with E-state index in [9.17, 15) is 9.59 Å². The van der Waals surface area contributed by atoms with Gasteiger partial charge in [0.2, 0.25) is 0 Å². The van der Waals surface area contributed by atoms with E-state index in [1.165, 1.54) is 154 Å². The van der Waals surface area contributed by atoms with Crippen LogP contribution in [0.15, 0.2) is 36.5 Å². The molecule has 0 aliphatic heterocycles. The fraction of sp³-hybridized carbons (Fsp3) is 0.843. The molecular formula is C51H94O5. The predicted octanol–water partition coefficient (Wildman–Crippen LogP) is 16.2. The summed E-state index contributed by atoms with van der Waals surface area (Å²) in [7, 11) is 0. The minimum atomic E-state index is -0.540. The van der Waals surface area contributed by atoms with E-state index < -0.39 is 6.10 Å². The third-order valence-electron chi connectivity index (χ3n) is 10.7. The quantitative estimate of drug-likeness (QED) is 0.0349. The van der Waals surface area contributed by atoms with Crippen LogP contribution in [0.5, 0.6) is 0 Å². The Labute approximate surface area is 349 Å². The molecule has 0 rings (SSSR count). The topological polar surface area (TPSA) is 61.8 Å². The molecule has 1 unspecified atom stereocenters. The van der Waals surface area contributed by atoms with Crippen LogP contribution >= 0.6 is 0 Å². The number of hydrogen-bond donors (Lipinski definition) is 0. The van der Waals surface area contributed by atoms with E-state index in [1.807, 2.05) is 0 Å². The van der Waals surface area contributed by atoms with Crippen molar-refractivity contribution in [3.05, 3.63) is 36.5 Å². The fourth-order valence-corrected chi connectivity index (χ4v) is 7.05. The van der Waals surface area contributed by atoms with Crippen LogP contribution in [0.2, 0.25) is 0 Å². The van der Waals surface area contributed by atoms with E-state index >= 15 is 0 Å². The second-order valence-corrected chi connectivity index (χ2v) is 16.4. The van der Waals surface area contributed by atoms with E-state index in [2.05, 4.69) is 57.2 Å². The van der Waals surface area contributed by atoms with Gasteiger partial charge in [-0.1, -0.05) is 224 Å². The number of carbonyl (C=O) groups is 2. The van der Waals surface area contributed by atoms with E-state index in [0.29, 0.717) is 19.4 Å². The second kappa shape index (κ2) is 47.5. The molecule has 328 valence electrons. The lowest BCUT2D eigenvalue weighted by atomic mass is 10.0. The summed E-state index contributed by atoms with van der Waals surface area (Å²) in [6.45, 7) is 7.72. The molecule has 1 atom stereocenters. The maximum atomic E-state index is 12.7. The molecule has 0 saturated carbocycles. The van der Waals surface area contributed by atoms with Crippen LogP contribution in [-0.2, 0) is 23.8 Å². The molecule has 0 aromatic rings. The molecule has 0 bridgehead atoms. The van der Waals surface area contributed by atoms with Crippen LogP contribution in [0.4, 0.5) is 0 Å². The van der Waals surface area contributed by atoms with E-state index in [0.717, 1.165) is 64.2 Å². The van der Waals surface area contributed by atoms with Gasteiger partial charge in [0.1, 0.15) is 6.61 Å². The lowest BCUT2D eigenvalue weighted by Gasteiger charge is -2.18. The predicted molar refractivity (Wildman–Crippen MR) is 242 cm³/mol. The van der Waals surface area contributed by atoms with Gasteiger partial charge in [0.05, 0.1) is 6.61 Å². The Morgan fingerprint density at radius 1 is 0.411 bits per heavy atom. The first kappa shape index (κ1) is 54.1. The number of ether oxygens (including phenoxy) is 3. The van der Waals surface area contributed by atoms with Gasteiger partial charge in [0, 0.05) is 19.4 Å². The normalized spacial score (nSPS) is 12.4. The summed E-state index contributed by atoms with van der Waals surface area (Å²) >= 11 is 0. The molecule has 5 heteroatoms. The van der Waals surface area contributed by atoms with Crippen molar-refractivity contribution in [1.29, 1.82) is 0 Å². The zero-order chi connectivity index (χ0) is 40.7. The molecule has 5 nitrogen and oxygen atoms in total. The Kier molecular flexibility index (Phi) is 45.9. The highest BCUT2D eigenvalue weighted by Crippen LogP contribution is 2.15. The molecule has 0 aliphatic carbocycles. The van der Waals surface area contributed by atoms with Crippen molar-refractivity contribution in [1.82, 2.24) is 0 Å². The van der Waals surface area contributed by atoms with Gasteiger partial charge >= 0.3 is 11.9 Å². The van der Waals surface area contributed by atoms with Crippen LogP contribution in [0.25, 0.3) is 0 Å². The molecule has 0 N–H and O–H groups in total. The van der Waals surface area contributed by atoms with E-state index in [-0.39, 0.29) is 25.2 Å². The van der Waals surface area contributed by atoms with Crippen molar-refractivity contribution in [2.75, 3.05) is 19.8 Å². The third kappa shape index (κ3) is 44.8. The molecule has 0 aromatic carbocycles. The summed E-state index contributed by atoms with van der Waals surface area (Å²) in [6, 6.07) is 0. The average molecular weight is 787 g/mol. The van der Waals surface area contributed by atoms with Gasteiger partial charge in [0.15, 0.2) is 6.10 Å². The molecule has 0 saturated heterocycles. The average Bonchev–Trinajstić information content (AvgIpc) is 3.20. The highest BCUT2D eigenvalue weighted by molar-refractivity contribution is 5.70. The third-order valence-corrected chi connectivity index (χ3v) is 10.7. The Morgan fingerprint density at radius 2 is 0.804 bits per heavy atom. The molecule has 0 fully saturated rings. The first-order valence-electron chi connectivity index (χ1n) is 24.5. The molecule has 0 aromatic heterocycles. The monoisotopic (exact) mass is 787 g/mol. The highest BCUT2D eigenvalue weighted by Gasteiger charge is 2.17. The minimum absolute atomic E-state index is 0.0757. The Balaban J connectivity index is 4.24. The van der Waals surface area contributed by atoms with Crippen molar-refractivity contribution in [2.45, 2.75) is 258 Å².